The van der Waals surface area contributed by atoms with Gasteiger partial charge in [0.1, 0.15) is 41.8 Å². The number of thiazole rings is 1. The average Bonchev–Trinajstić information content (AvgIpc) is 3.27. The summed E-state index contributed by atoms with van der Waals surface area (Å²) in [4.78, 5) is 51.6. The number of thioether (sulfide) groups is 1. The third-order valence-electron chi connectivity index (χ3n) is 4.84. The van der Waals surface area contributed by atoms with Gasteiger partial charge in [-0.3, -0.25) is 19.5 Å². The Morgan fingerprint density at radius 2 is 2.11 bits per heavy atom. The number of ether oxygens (including phenoxy) is 1. The number of nitrogens with two attached hydrogens (primary N) is 1. The van der Waals surface area contributed by atoms with E-state index in [0.29, 0.717) is 0 Å². The van der Waals surface area contributed by atoms with Crippen LogP contribution >= 0.6 is 23.1 Å². The van der Waals surface area contributed by atoms with Crippen molar-refractivity contribution in [2.45, 2.75) is 24.9 Å². The molecule has 3 N–H and O–H groups in total. The zero-order valence-corrected chi connectivity index (χ0v) is 22.4. The average molecular weight is 527 g/mol. The monoisotopic (exact) mass is 526 g/mol. The molecular weight excluding hydrogens is 507 g/mol. The van der Waals surface area contributed by atoms with Crippen molar-refractivity contribution in [3.8, 4) is 0 Å². The van der Waals surface area contributed by atoms with Crippen molar-refractivity contribution < 1.29 is 58.6 Å². The summed E-state index contributed by atoms with van der Waals surface area (Å²) in [6.07, 6.45) is 3.18. The Bertz CT molecular complexity index is 1170. The molecule has 1 fully saturated rings. The maximum atomic E-state index is 12.9. The molecule has 15 heteroatoms. The quantitative estimate of drug-likeness (QED) is 0.144. The van der Waals surface area contributed by atoms with Crippen molar-refractivity contribution in [1.82, 2.24) is 20.2 Å². The number of fused-ring (bicyclic) bond motifs is 1. The molecule has 178 valence electrons. The number of carbonyl (C=O) groups is 3. The molecule has 2 aliphatic rings. The largest absolute Gasteiger partial charge is 1.00 e. The molecule has 0 bridgehead atoms. The number of carboxylic acid groups (broad SMARTS) is 1. The van der Waals surface area contributed by atoms with Gasteiger partial charge in [0, 0.05) is 17.8 Å². The van der Waals surface area contributed by atoms with Crippen LogP contribution in [-0.2, 0) is 30.6 Å². The SMILES string of the molecule is CCO/N=C(\C(=O)N[C@@H]1C(=O)N2C(C(=O)[O-])=C(OCc3ccncc3)CS[C@@H]12)c1csc(N)n1.[Na+]. The maximum Gasteiger partial charge on any atom is 1.00 e. The Hall–Kier alpha value is -2.65. The van der Waals surface area contributed by atoms with E-state index in [1.807, 2.05) is 0 Å². The molecule has 1 saturated heterocycles. The van der Waals surface area contributed by atoms with Gasteiger partial charge < -0.3 is 30.5 Å². The molecule has 2 atom stereocenters. The van der Waals surface area contributed by atoms with Gasteiger partial charge in [-0.05, 0) is 24.6 Å². The number of carbonyl (C=O) groups excluding carboxylic acids is 3. The fourth-order valence-corrected chi connectivity index (χ4v) is 5.11. The fraction of sp³-hybridized carbons (Fsp3) is 0.300. The van der Waals surface area contributed by atoms with E-state index in [1.54, 1.807) is 36.8 Å². The number of amides is 2. The molecule has 0 radical (unpaired) electrons. The second kappa shape index (κ2) is 11.9. The summed E-state index contributed by atoms with van der Waals surface area (Å²) in [5.74, 6) is -2.55. The first-order valence-electron chi connectivity index (χ1n) is 10.0. The van der Waals surface area contributed by atoms with Crippen LogP contribution in [0.1, 0.15) is 18.2 Å². The first-order chi connectivity index (χ1) is 16.4. The van der Waals surface area contributed by atoms with E-state index < -0.39 is 29.2 Å². The minimum Gasteiger partial charge on any atom is -0.543 e. The number of nitrogens with one attached hydrogen (secondary N) is 1. The fourth-order valence-electron chi connectivity index (χ4n) is 3.28. The molecule has 2 amide bonds. The predicted molar refractivity (Wildman–Crippen MR) is 121 cm³/mol. The summed E-state index contributed by atoms with van der Waals surface area (Å²) >= 11 is 2.38. The standard InChI is InChI=1S/C20H20N6O6S2.Na/c1-2-32-25-13(11-8-34-20(21)23-11)16(27)24-14-17(28)26-15(19(29)30)12(9-33-18(14)26)31-7-10-3-5-22-6-4-10;/h3-6,8,14,18H,2,7,9H2,1H3,(H2,21,23)(H,24,27)(H,29,30);/q;+1/p-1/b25-13-;/t14-,18+;/m1./s1. The molecule has 4 heterocycles. The Labute approximate surface area is 230 Å². The summed E-state index contributed by atoms with van der Waals surface area (Å²) in [6, 6.07) is 2.49. The number of β-lactam (4-membered cyclic amide) rings is 1. The Morgan fingerprint density at radius 1 is 1.37 bits per heavy atom. The number of aromatic nitrogens is 2. The van der Waals surface area contributed by atoms with Gasteiger partial charge in [-0.15, -0.1) is 23.1 Å². The number of nitrogens with zero attached hydrogens (tertiary/aromatic N) is 4. The first-order valence-corrected chi connectivity index (χ1v) is 12.0. The second-order valence-corrected chi connectivity index (χ2v) is 8.99. The first kappa shape index (κ1) is 26.9. The third kappa shape index (κ3) is 5.78. The number of oxime groups is 1. The summed E-state index contributed by atoms with van der Waals surface area (Å²) in [6.45, 7) is 2.02. The summed E-state index contributed by atoms with van der Waals surface area (Å²) in [5.41, 5.74) is 6.15. The molecule has 35 heavy (non-hydrogen) atoms. The number of hydrogen-bond donors (Lipinski definition) is 2. The zero-order chi connectivity index (χ0) is 24.2. The van der Waals surface area contributed by atoms with Crippen LogP contribution in [0.15, 0.2) is 46.5 Å². The number of anilines is 1. The normalized spacial score (nSPS) is 19.3. The summed E-state index contributed by atoms with van der Waals surface area (Å²) < 4.78 is 5.68. The minimum atomic E-state index is -1.54. The number of carboxylic acids is 1. The van der Waals surface area contributed by atoms with Crippen molar-refractivity contribution in [3.05, 3.63) is 52.6 Å². The second-order valence-electron chi connectivity index (χ2n) is 6.99. The van der Waals surface area contributed by atoms with Crippen molar-refractivity contribution in [3.63, 3.8) is 0 Å². The molecule has 0 saturated carbocycles. The zero-order valence-electron chi connectivity index (χ0n) is 18.8. The van der Waals surface area contributed by atoms with Crippen molar-refractivity contribution in [1.29, 1.82) is 0 Å². The van der Waals surface area contributed by atoms with Gasteiger partial charge in [-0.2, -0.15) is 0 Å². The number of pyridine rings is 1. The van der Waals surface area contributed by atoms with Crippen LogP contribution < -0.4 is 45.7 Å². The van der Waals surface area contributed by atoms with E-state index in [1.165, 1.54) is 11.8 Å². The summed E-state index contributed by atoms with van der Waals surface area (Å²) in [5, 5.41) is 19.4. The van der Waals surface area contributed by atoms with Crippen LogP contribution in [0.2, 0.25) is 0 Å². The van der Waals surface area contributed by atoms with Gasteiger partial charge in [0.15, 0.2) is 10.8 Å². The van der Waals surface area contributed by atoms with Crippen molar-refractivity contribution in [2.24, 2.45) is 5.16 Å². The number of rotatable bonds is 9. The molecule has 0 unspecified atom stereocenters. The molecule has 0 aliphatic carbocycles. The summed E-state index contributed by atoms with van der Waals surface area (Å²) in [7, 11) is 0. The molecule has 4 rings (SSSR count). The van der Waals surface area contributed by atoms with Gasteiger partial charge >= 0.3 is 29.6 Å². The number of nitrogen functional groups attached to an aromatic ring is 1. The van der Waals surface area contributed by atoms with E-state index in [-0.39, 0.29) is 76.5 Å². The van der Waals surface area contributed by atoms with Crippen LogP contribution in [0.25, 0.3) is 0 Å². The van der Waals surface area contributed by atoms with E-state index in [4.69, 9.17) is 15.3 Å². The van der Waals surface area contributed by atoms with Crippen molar-refractivity contribution in [2.75, 3.05) is 18.1 Å². The van der Waals surface area contributed by atoms with Gasteiger partial charge in [0.25, 0.3) is 11.8 Å². The molecule has 0 aromatic carbocycles. The molecule has 12 nitrogen and oxygen atoms in total. The topological polar surface area (TPSA) is 172 Å². The van der Waals surface area contributed by atoms with Crippen LogP contribution in [0.5, 0.6) is 0 Å². The van der Waals surface area contributed by atoms with E-state index >= 15 is 0 Å². The molecule has 0 spiro atoms. The van der Waals surface area contributed by atoms with E-state index in [2.05, 4.69) is 20.4 Å². The van der Waals surface area contributed by atoms with Gasteiger partial charge in [0.05, 0.1) is 11.7 Å². The predicted octanol–water partition coefficient (Wildman–Crippen LogP) is -3.56. The van der Waals surface area contributed by atoms with E-state index in [9.17, 15) is 19.5 Å². The Morgan fingerprint density at radius 3 is 2.74 bits per heavy atom. The molecule has 2 aromatic rings. The minimum absolute atomic E-state index is 0. The number of aliphatic carboxylic acids is 1. The Balaban J connectivity index is 0.00000342. The molecular formula is C20H19N6NaO6S2. The van der Waals surface area contributed by atoms with Gasteiger partial charge in [0.2, 0.25) is 0 Å². The molecule has 2 aromatic heterocycles. The van der Waals surface area contributed by atoms with Gasteiger partial charge in [-0.25, -0.2) is 4.98 Å². The van der Waals surface area contributed by atoms with Gasteiger partial charge in [-0.1, -0.05) is 5.16 Å². The maximum absolute atomic E-state index is 12.9. The van der Waals surface area contributed by atoms with Crippen LogP contribution in [0.3, 0.4) is 0 Å². The Kier molecular flexibility index (Phi) is 9.13. The van der Waals surface area contributed by atoms with Crippen LogP contribution in [0, 0.1) is 0 Å². The molecule has 2 aliphatic heterocycles. The van der Waals surface area contributed by atoms with E-state index in [0.717, 1.165) is 21.8 Å². The number of hydrogen-bond acceptors (Lipinski definition) is 12. The smallest absolute Gasteiger partial charge is 0.543 e. The van der Waals surface area contributed by atoms with Crippen molar-refractivity contribution >= 4 is 51.7 Å². The van der Waals surface area contributed by atoms with Crippen LogP contribution in [0.4, 0.5) is 5.13 Å². The third-order valence-corrected chi connectivity index (χ3v) is 6.77. The van der Waals surface area contributed by atoms with Crippen LogP contribution in [-0.4, -0.2) is 62.1 Å².